The van der Waals surface area contributed by atoms with Crippen LogP contribution in [0, 0.1) is 11.8 Å². The van der Waals surface area contributed by atoms with Gasteiger partial charge in [-0.2, -0.15) is 17.0 Å². The molecule has 7 heteroatoms. The second-order valence-corrected chi connectivity index (χ2v) is 8.30. The van der Waals surface area contributed by atoms with Crippen LogP contribution in [0.25, 0.3) is 0 Å². The standard InChI is InChI=1S/C14H26N2O4S/c1-11-8-12(2)10-15(9-11)21(18,19)16-7-5-4-6-13(16)14(17)20-3/h11-13H,4-10H2,1-3H3/t11?,12?,13-/m1/s1. The summed E-state index contributed by atoms with van der Waals surface area (Å²) in [4.78, 5) is 11.9. The van der Waals surface area contributed by atoms with E-state index in [-0.39, 0.29) is 0 Å². The molecule has 2 saturated heterocycles. The highest BCUT2D eigenvalue weighted by Gasteiger charge is 2.42. The number of carbonyl (C=O) groups is 1. The summed E-state index contributed by atoms with van der Waals surface area (Å²) in [5, 5.41) is 0. The Morgan fingerprint density at radius 1 is 1.14 bits per heavy atom. The first-order valence-corrected chi connectivity index (χ1v) is 9.10. The van der Waals surface area contributed by atoms with E-state index in [1.165, 1.54) is 11.4 Å². The summed E-state index contributed by atoms with van der Waals surface area (Å²) in [6.07, 6.45) is 3.25. The monoisotopic (exact) mass is 318 g/mol. The Balaban J connectivity index is 2.21. The highest BCUT2D eigenvalue weighted by Crippen LogP contribution is 2.28. The zero-order valence-corrected chi connectivity index (χ0v) is 13.9. The Kier molecular flexibility index (Phi) is 5.27. The number of hydrogen-bond acceptors (Lipinski definition) is 4. The van der Waals surface area contributed by atoms with Gasteiger partial charge in [0.05, 0.1) is 7.11 Å². The molecule has 2 unspecified atom stereocenters. The Labute approximate surface area is 127 Å². The first-order valence-electron chi connectivity index (χ1n) is 7.71. The molecule has 122 valence electrons. The van der Waals surface area contributed by atoms with Gasteiger partial charge in [0.2, 0.25) is 0 Å². The SMILES string of the molecule is COC(=O)[C@H]1CCCCN1S(=O)(=O)N1CC(C)CC(C)C1. The Morgan fingerprint density at radius 2 is 1.76 bits per heavy atom. The minimum atomic E-state index is -3.59. The zero-order valence-electron chi connectivity index (χ0n) is 13.1. The topological polar surface area (TPSA) is 66.9 Å². The highest BCUT2D eigenvalue weighted by molar-refractivity contribution is 7.86. The normalized spacial score (nSPS) is 32.8. The number of carbonyl (C=O) groups excluding carboxylic acids is 1. The molecule has 2 aliphatic heterocycles. The lowest BCUT2D eigenvalue weighted by Crippen LogP contribution is -2.56. The molecule has 0 aliphatic carbocycles. The number of piperidine rings is 2. The second kappa shape index (κ2) is 6.62. The summed E-state index contributed by atoms with van der Waals surface area (Å²) in [6, 6.07) is -0.665. The van der Waals surface area contributed by atoms with Gasteiger partial charge in [-0.25, -0.2) is 0 Å². The third kappa shape index (κ3) is 3.57. The third-order valence-electron chi connectivity index (χ3n) is 4.38. The predicted molar refractivity (Wildman–Crippen MR) is 79.8 cm³/mol. The summed E-state index contributed by atoms with van der Waals surface area (Å²) in [5.41, 5.74) is 0. The van der Waals surface area contributed by atoms with Crippen LogP contribution in [0.5, 0.6) is 0 Å². The van der Waals surface area contributed by atoms with Crippen molar-refractivity contribution in [1.29, 1.82) is 0 Å². The molecular weight excluding hydrogens is 292 g/mol. The number of nitrogens with zero attached hydrogens (tertiary/aromatic N) is 2. The largest absolute Gasteiger partial charge is 0.468 e. The molecule has 2 fully saturated rings. The molecule has 0 saturated carbocycles. The van der Waals surface area contributed by atoms with Crippen molar-refractivity contribution in [3.63, 3.8) is 0 Å². The van der Waals surface area contributed by atoms with Crippen LogP contribution < -0.4 is 0 Å². The van der Waals surface area contributed by atoms with Crippen LogP contribution in [-0.2, 0) is 19.7 Å². The zero-order chi connectivity index (χ0) is 15.6. The van der Waals surface area contributed by atoms with Gasteiger partial charge in [-0.15, -0.1) is 0 Å². The van der Waals surface area contributed by atoms with E-state index in [0.29, 0.717) is 37.9 Å². The van der Waals surface area contributed by atoms with Crippen LogP contribution in [0.15, 0.2) is 0 Å². The van der Waals surface area contributed by atoms with Crippen molar-refractivity contribution < 1.29 is 17.9 Å². The van der Waals surface area contributed by atoms with Crippen LogP contribution in [0.3, 0.4) is 0 Å². The smallest absolute Gasteiger partial charge is 0.324 e. The number of hydrogen-bond donors (Lipinski definition) is 0. The molecule has 0 aromatic heterocycles. The van der Waals surface area contributed by atoms with E-state index in [9.17, 15) is 13.2 Å². The molecule has 0 bridgehead atoms. The van der Waals surface area contributed by atoms with Crippen molar-refractivity contribution in [2.45, 2.75) is 45.6 Å². The fourth-order valence-corrected chi connectivity index (χ4v) is 5.55. The fourth-order valence-electron chi connectivity index (χ4n) is 3.50. The number of methoxy groups -OCH3 is 1. The number of rotatable bonds is 3. The van der Waals surface area contributed by atoms with E-state index in [1.807, 2.05) is 0 Å². The van der Waals surface area contributed by atoms with E-state index >= 15 is 0 Å². The highest BCUT2D eigenvalue weighted by atomic mass is 32.2. The molecule has 0 aromatic rings. The van der Waals surface area contributed by atoms with Gasteiger partial charge < -0.3 is 4.74 Å². The summed E-state index contributed by atoms with van der Waals surface area (Å²) >= 11 is 0. The van der Waals surface area contributed by atoms with Crippen molar-refractivity contribution in [2.24, 2.45) is 11.8 Å². The average Bonchev–Trinajstić information content (AvgIpc) is 2.45. The molecule has 2 aliphatic rings. The fraction of sp³-hybridized carbons (Fsp3) is 0.929. The lowest BCUT2D eigenvalue weighted by atomic mass is 9.94. The van der Waals surface area contributed by atoms with Gasteiger partial charge in [-0.1, -0.05) is 13.8 Å². The number of esters is 1. The van der Waals surface area contributed by atoms with Gasteiger partial charge in [-0.05, 0) is 37.5 Å². The van der Waals surface area contributed by atoms with E-state index in [1.54, 1.807) is 4.31 Å². The van der Waals surface area contributed by atoms with E-state index in [2.05, 4.69) is 13.8 Å². The van der Waals surface area contributed by atoms with Crippen molar-refractivity contribution >= 4 is 16.2 Å². The lowest BCUT2D eigenvalue weighted by molar-refractivity contribution is -0.146. The van der Waals surface area contributed by atoms with Crippen molar-refractivity contribution in [1.82, 2.24) is 8.61 Å². The molecule has 3 atom stereocenters. The minimum absolute atomic E-state index is 0.352. The molecule has 21 heavy (non-hydrogen) atoms. The van der Waals surface area contributed by atoms with Crippen LogP contribution in [-0.4, -0.2) is 55.8 Å². The van der Waals surface area contributed by atoms with Gasteiger partial charge in [0, 0.05) is 19.6 Å². The van der Waals surface area contributed by atoms with Crippen LogP contribution in [0.2, 0.25) is 0 Å². The van der Waals surface area contributed by atoms with Crippen molar-refractivity contribution in [2.75, 3.05) is 26.7 Å². The summed E-state index contributed by atoms with van der Waals surface area (Å²) in [7, 11) is -2.28. The molecule has 2 heterocycles. The van der Waals surface area contributed by atoms with Gasteiger partial charge in [0.1, 0.15) is 6.04 Å². The Morgan fingerprint density at radius 3 is 2.33 bits per heavy atom. The lowest BCUT2D eigenvalue weighted by Gasteiger charge is -2.40. The molecule has 0 amide bonds. The Hall–Kier alpha value is -0.660. The minimum Gasteiger partial charge on any atom is -0.468 e. The maximum absolute atomic E-state index is 12.9. The van der Waals surface area contributed by atoms with Crippen LogP contribution >= 0.6 is 0 Å². The second-order valence-electron chi connectivity index (χ2n) is 6.42. The molecular formula is C14H26N2O4S. The van der Waals surface area contributed by atoms with Crippen LogP contribution in [0.4, 0.5) is 0 Å². The maximum atomic E-state index is 12.9. The van der Waals surface area contributed by atoms with E-state index in [4.69, 9.17) is 4.74 Å². The maximum Gasteiger partial charge on any atom is 0.324 e. The molecule has 6 nitrogen and oxygen atoms in total. The molecule has 0 aromatic carbocycles. The molecule has 0 radical (unpaired) electrons. The van der Waals surface area contributed by atoms with Gasteiger partial charge in [0.15, 0.2) is 0 Å². The summed E-state index contributed by atoms with van der Waals surface area (Å²) < 4.78 is 33.5. The van der Waals surface area contributed by atoms with Gasteiger partial charge in [0.25, 0.3) is 10.2 Å². The average molecular weight is 318 g/mol. The van der Waals surface area contributed by atoms with Crippen LogP contribution in [0.1, 0.15) is 39.5 Å². The van der Waals surface area contributed by atoms with Crippen molar-refractivity contribution in [3.05, 3.63) is 0 Å². The van der Waals surface area contributed by atoms with Gasteiger partial charge >= 0.3 is 5.97 Å². The molecule has 0 N–H and O–H groups in total. The molecule has 0 spiro atoms. The van der Waals surface area contributed by atoms with E-state index < -0.39 is 22.2 Å². The van der Waals surface area contributed by atoms with Gasteiger partial charge in [-0.3, -0.25) is 4.79 Å². The van der Waals surface area contributed by atoms with Crippen molar-refractivity contribution in [3.8, 4) is 0 Å². The van der Waals surface area contributed by atoms with E-state index in [0.717, 1.165) is 19.3 Å². The summed E-state index contributed by atoms with van der Waals surface area (Å²) in [5.74, 6) is 0.256. The summed E-state index contributed by atoms with van der Waals surface area (Å²) in [6.45, 7) is 5.63. The predicted octanol–water partition coefficient (Wildman–Crippen LogP) is 1.24. The first-order chi connectivity index (χ1) is 9.86. The number of ether oxygens (including phenoxy) is 1. The molecule has 2 rings (SSSR count). The third-order valence-corrected chi connectivity index (χ3v) is 6.37. The first kappa shape index (κ1) is 16.7. The quantitative estimate of drug-likeness (QED) is 0.734. The Bertz CT molecular complexity index is 469.